The predicted molar refractivity (Wildman–Crippen MR) is 119 cm³/mol. The summed E-state index contributed by atoms with van der Waals surface area (Å²) in [5, 5.41) is 0. The average molecular weight is 390 g/mol. The summed E-state index contributed by atoms with van der Waals surface area (Å²) in [6.07, 6.45) is 2.98. The van der Waals surface area contributed by atoms with Crippen molar-refractivity contribution in [3.05, 3.63) is 109 Å². The van der Waals surface area contributed by atoms with Crippen molar-refractivity contribution < 1.29 is 9.59 Å². The summed E-state index contributed by atoms with van der Waals surface area (Å²) in [4.78, 5) is 27.2. The zero-order valence-electron chi connectivity index (χ0n) is 16.1. The third kappa shape index (κ3) is 5.82. The topological polar surface area (TPSA) is 58.9 Å². The van der Waals surface area contributed by atoms with E-state index in [2.05, 4.69) is 58.5 Å². The third-order valence-corrected chi connectivity index (χ3v) is 4.30. The lowest BCUT2D eigenvalue weighted by molar-refractivity contribution is 0.564. The smallest absolute Gasteiger partial charge is 0.211 e. The molecule has 0 heterocycles. The summed E-state index contributed by atoms with van der Waals surface area (Å²) in [6.45, 7) is 0. The second-order valence-electron chi connectivity index (χ2n) is 6.23. The molecular formula is C26H18N2O2. The van der Waals surface area contributed by atoms with Crippen LogP contribution in [0.4, 0.5) is 11.4 Å². The van der Waals surface area contributed by atoms with Gasteiger partial charge in [-0.1, -0.05) is 84.9 Å². The lowest BCUT2D eigenvalue weighted by atomic mass is 10.1. The molecule has 0 aliphatic rings. The lowest BCUT2D eigenvalue weighted by Crippen LogP contribution is -1.76. The van der Waals surface area contributed by atoms with Gasteiger partial charge >= 0.3 is 0 Å². The van der Waals surface area contributed by atoms with Crippen LogP contribution in [0.3, 0.4) is 0 Å². The molecule has 4 heteroatoms. The Morgan fingerprint density at radius 3 is 1.00 bits per heavy atom. The number of rotatable bonds is 4. The summed E-state index contributed by atoms with van der Waals surface area (Å²) in [6, 6.07) is 35.1. The van der Waals surface area contributed by atoms with E-state index in [1.54, 1.807) is 24.3 Å². The molecule has 4 nitrogen and oxygen atoms in total. The summed E-state index contributed by atoms with van der Waals surface area (Å²) >= 11 is 0. The number of hydrogen-bond donors (Lipinski definition) is 0. The van der Waals surface area contributed by atoms with E-state index in [9.17, 15) is 9.59 Å². The number of nitrogens with zero attached hydrogens (tertiary/aromatic N) is 2. The molecule has 0 aromatic heterocycles. The minimum Gasteiger partial charge on any atom is -0.211 e. The van der Waals surface area contributed by atoms with Crippen molar-refractivity contribution in [3.8, 4) is 22.3 Å². The molecule has 4 aromatic carbocycles. The van der Waals surface area contributed by atoms with Crippen molar-refractivity contribution >= 4 is 23.5 Å². The van der Waals surface area contributed by atoms with Gasteiger partial charge in [0.2, 0.25) is 12.2 Å². The summed E-state index contributed by atoms with van der Waals surface area (Å²) in [5.74, 6) is 0. The SMILES string of the molecule is O=C=Nc1ccc(-c2ccc(N=C=O)cc2)cc1.c1ccc(-c2ccccc2)cc1. The van der Waals surface area contributed by atoms with Crippen molar-refractivity contribution in [2.45, 2.75) is 0 Å². The Labute approximate surface area is 174 Å². The van der Waals surface area contributed by atoms with E-state index in [1.807, 2.05) is 36.4 Å². The van der Waals surface area contributed by atoms with Gasteiger partial charge in [-0.25, -0.2) is 9.59 Å². The van der Waals surface area contributed by atoms with Crippen LogP contribution in [0, 0.1) is 0 Å². The van der Waals surface area contributed by atoms with Gasteiger partial charge < -0.3 is 0 Å². The first-order valence-corrected chi connectivity index (χ1v) is 9.27. The zero-order valence-corrected chi connectivity index (χ0v) is 16.1. The molecule has 0 radical (unpaired) electrons. The second kappa shape index (κ2) is 10.8. The fraction of sp³-hybridized carbons (Fsp3) is 0. The molecule has 30 heavy (non-hydrogen) atoms. The van der Waals surface area contributed by atoms with Crippen LogP contribution in [0.25, 0.3) is 22.3 Å². The molecule has 0 aliphatic carbocycles. The summed E-state index contributed by atoms with van der Waals surface area (Å²) in [7, 11) is 0. The van der Waals surface area contributed by atoms with Gasteiger partial charge in [0.25, 0.3) is 0 Å². The predicted octanol–water partition coefficient (Wildman–Crippen LogP) is 6.64. The van der Waals surface area contributed by atoms with Crippen LogP contribution in [0.15, 0.2) is 119 Å². The Hall–Kier alpha value is -4.36. The molecule has 4 rings (SSSR count). The first-order valence-electron chi connectivity index (χ1n) is 9.27. The van der Waals surface area contributed by atoms with Crippen LogP contribution in [0.5, 0.6) is 0 Å². The first-order chi connectivity index (χ1) is 14.8. The van der Waals surface area contributed by atoms with E-state index in [0.29, 0.717) is 11.4 Å². The van der Waals surface area contributed by atoms with Gasteiger partial charge in [-0.05, 0) is 46.5 Å². The Balaban J connectivity index is 0.000000184. The molecule has 0 N–H and O–H groups in total. The number of carbonyl (C=O) groups excluding carboxylic acids is 2. The van der Waals surface area contributed by atoms with Gasteiger partial charge in [0.15, 0.2) is 0 Å². The van der Waals surface area contributed by atoms with E-state index >= 15 is 0 Å². The van der Waals surface area contributed by atoms with E-state index < -0.39 is 0 Å². The van der Waals surface area contributed by atoms with Crippen molar-refractivity contribution in [2.24, 2.45) is 9.98 Å². The van der Waals surface area contributed by atoms with Crippen LogP contribution in [0.2, 0.25) is 0 Å². The highest BCUT2D eigenvalue weighted by molar-refractivity contribution is 5.68. The highest BCUT2D eigenvalue weighted by Crippen LogP contribution is 2.24. The summed E-state index contributed by atoms with van der Waals surface area (Å²) in [5.41, 5.74) is 5.66. The maximum Gasteiger partial charge on any atom is 0.240 e. The highest BCUT2D eigenvalue weighted by atomic mass is 16.1. The maximum absolute atomic E-state index is 10.1. The molecule has 144 valence electrons. The van der Waals surface area contributed by atoms with Gasteiger partial charge in [0.05, 0.1) is 11.4 Å². The molecule has 0 fully saturated rings. The minimum atomic E-state index is 0.566. The maximum atomic E-state index is 10.1. The molecule has 0 unspecified atom stereocenters. The van der Waals surface area contributed by atoms with Crippen LogP contribution < -0.4 is 0 Å². The van der Waals surface area contributed by atoms with Gasteiger partial charge in [-0.15, -0.1) is 0 Å². The highest BCUT2D eigenvalue weighted by Gasteiger charge is 1.98. The van der Waals surface area contributed by atoms with Crippen LogP contribution >= 0.6 is 0 Å². The molecule has 0 saturated carbocycles. The van der Waals surface area contributed by atoms with Gasteiger partial charge in [0.1, 0.15) is 0 Å². The molecule has 0 saturated heterocycles. The Kier molecular flexibility index (Phi) is 7.36. The van der Waals surface area contributed by atoms with Gasteiger partial charge in [0, 0.05) is 0 Å². The van der Waals surface area contributed by atoms with Crippen LogP contribution in [-0.2, 0) is 9.59 Å². The Morgan fingerprint density at radius 2 is 0.700 bits per heavy atom. The van der Waals surface area contributed by atoms with E-state index in [1.165, 1.54) is 23.3 Å². The fourth-order valence-electron chi connectivity index (χ4n) is 2.82. The van der Waals surface area contributed by atoms with E-state index in [4.69, 9.17) is 0 Å². The Bertz CT molecular complexity index is 1060. The largest absolute Gasteiger partial charge is 0.240 e. The molecule has 0 aliphatic heterocycles. The molecule has 0 atom stereocenters. The zero-order chi connectivity index (χ0) is 21.0. The van der Waals surface area contributed by atoms with Gasteiger partial charge in [-0.3, -0.25) is 0 Å². The molecule has 0 spiro atoms. The average Bonchev–Trinajstić information content (AvgIpc) is 2.82. The molecular weight excluding hydrogens is 372 g/mol. The molecule has 4 aromatic rings. The number of isocyanates is 2. The van der Waals surface area contributed by atoms with Crippen molar-refractivity contribution in [1.82, 2.24) is 0 Å². The van der Waals surface area contributed by atoms with Crippen molar-refractivity contribution in [3.63, 3.8) is 0 Å². The van der Waals surface area contributed by atoms with Crippen molar-refractivity contribution in [1.29, 1.82) is 0 Å². The first kappa shape index (κ1) is 20.4. The normalized spacial score (nSPS) is 9.33. The fourth-order valence-corrected chi connectivity index (χ4v) is 2.82. The number of aliphatic imine (C=N–C) groups is 2. The number of benzene rings is 4. The lowest BCUT2D eigenvalue weighted by Gasteiger charge is -2.01. The van der Waals surface area contributed by atoms with Crippen LogP contribution in [-0.4, -0.2) is 12.2 Å². The standard InChI is InChI=1S/C14H8N2O2.C12H10/c17-9-15-13-5-1-11(2-6-13)12-3-7-14(8-4-12)16-10-18;1-3-7-11(8-4-1)12-9-5-2-6-10-12/h1-8H;1-10H. The Morgan fingerprint density at radius 1 is 0.400 bits per heavy atom. The van der Waals surface area contributed by atoms with E-state index in [0.717, 1.165) is 11.1 Å². The van der Waals surface area contributed by atoms with Crippen LogP contribution in [0.1, 0.15) is 0 Å². The van der Waals surface area contributed by atoms with Crippen molar-refractivity contribution in [2.75, 3.05) is 0 Å². The quantitative estimate of drug-likeness (QED) is 0.290. The minimum absolute atomic E-state index is 0.566. The molecule has 0 bridgehead atoms. The number of hydrogen-bond acceptors (Lipinski definition) is 4. The third-order valence-electron chi connectivity index (χ3n) is 4.30. The molecule has 0 amide bonds. The van der Waals surface area contributed by atoms with Gasteiger partial charge in [-0.2, -0.15) is 9.98 Å². The summed E-state index contributed by atoms with van der Waals surface area (Å²) < 4.78 is 0. The monoisotopic (exact) mass is 390 g/mol. The van der Waals surface area contributed by atoms with E-state index in [-0.39, 0.29) is 0 Å². The second-order valence-corrected chi connectivity index (χ2v) is 6.23.